The Kier molecular flexibility index (Phi) is 13.3. The summed E-state index contributed by atoms with van der Waals surface area (Å²) in [7, 11) is 0. The molecule has 3 rings (SSSR count). The number of aryl methyl sites for hydroxylation is 3. The molecule has 0 bridgehead atoms. The molecule has 8 heteroatoms. The number of rotatable bonds is 10. The highest BCUT2D eigenvalue weighted by molar-refractivity contribution is 5.98. The molecule has 6 nitrogen and oxygen atoms in total. The van der Waals surface area contributed by atoms with Crippen LogP contribution in [0.4, 0.5) is 0 Å². The van der Waals surface area contributed by atoms with Gasteiger partial charge in [-0.1, -0.05) is 17.7 Å². The van der Waals surface area contributed by atoms with E-state index >= 15 is 0 Å². The van der Waals surface area contributed by atoms with Gasteiger partial charge in [-0.05, 0) is 113 Å². The Labute approximate surface area is 245 Å². The van der Waals surface area contributed by atoms with Gasteiger partial charge in [-0.25, -0.2) is 0 Å². The zero-order valence-electron chi connectivity index (χ0n) is 23.9. The van der Waals surface area contributed by atoms with Crippen LogP contribution in [0.25, 0.3) is 0 Å². The summed E-state index contributed by atoms with van der Waals surface area (Å²) in [6, 6.07) is 18.6. The van der Waals surface area contributed by atoms with E-state index in [0.717, 1.165) is 50.4 Å². The first-order valence-electron chi connectivity index (χ1n) is 12.8. The van der Waals surface area contributed by atoms with Gasteiger partial charge in [0.2, 0.25) is 0 Å². The maximum Gasteiger partial charge on any atom is 0.125 e. The van der Waals surface area contributed by atoms with Crippen molar-refractivity contribution >= 4 is 36.5 Å². The lowest BCUT2D eigenvalue weighted by Gasteiger charge is -2.14. The molecule has 0 aromatic heterocycles. The number of amidine groups is 2. The molecule has 3 aromatic rings. The van der Waals surface area contributed by atoms with Crippen LogP contribution in [0.1, 0.15) is 66.6 Å². The first-order valence-corrected chi connectivity index (χ1v) is 12.8. The van der Waals surface area contributed by atoms with Crippen LogP contribution < -0.4 is 20.9 Å². The molecule has 0 aliphatic rings. The minimum absolute atomic E-state index is 0. The summed E-state index contributed by atoms with van der Waals surface area (Å²) in [5, 5.41) is 0. The highest BCUT2D eigenvalue weighted by Crippen LogP contribution is 2.23. The molecule has 0 unspecified atom stereocenters. The lowest BCUT2D eigenvalue weighted by atomic mass is 10.1. The number of benzene rings is 3. The molecule has 0 aliphatic carbocycles. The second-order valence-electron chi connectivity index (χ2n) is 10.1. The minimum Gasteiger partial charge on any atom is -0.489 e. The van der Waals surface area contributed by atoms with Crippen LogP contribution in [-0.2, 0) is 13.2 Å². The Bertz CT molecular complexity index is 1210. The van der Waals surface area contributed by atoms with Gasteiger partial charge in [0, 0.05) is 23.2 Å². The van der Waals surface area contributed by atoms with E-state index in [4.69, 9.17) is 20.9 Å². The Morgan fingerprint density at radius 2 is 1.03 bits per heavy atom. The quantitative estimate of drug-likeness (QED) is 0.205. The maximum absolute atomic E-state index is 6.15. The Balaban J connectivity index is 0.00000380. The number of aliphatic imine (C=N–C) groups is 2. The molecule has 0 radical (unpaired) electrons. The number of hydrogen-bond acceptors (Lipinski definition) is 4. The summed E-state index contributed by atoms with van der Waals surface area (Å²) in [5.41, 5.74) is 19.4. The second-order valence-corrected chi connectivity index (χ2v) is 10.1. The number of hydrogen-bond donors (Lipinski definition) is 2. The first kappa shape index (κ1) is 33.8. The molecule has 0 spiro atoms. The van der Waals surface area contributed by atoms with Gasteiger partial charge in [0.15, 0.2) is 0 Å². The van der Waals surface area contributed by atoms with Gasteiger partial charge in [-0.3, -0.25) is 9.98 Å². The van der Waals surface area contributed by atoms with E-state index < -0.39 is 0 Å². The average molecular weight is 574 g/mol. The normalized spacial score (nSPS) is 11.7. The molecule has 0 saturated heterocycles. The van der Waals surface area contributed by atoms with Gasteiger partial charge in [-0.15, -0.1) is 24.8 Å². The number of nitrogens with zero attached hydrogens (tertiary/aromatic N) is 2. The van der Waals surface area contributed by atoms with Crippen LogP contribution in [0.5, 0.6) is 11.5 Å². The minimum atomic E-state index is 0. The molecule has 0 heterocycles. The van der Waals surface area contributed by atoms with Gasteiger partial charge < -0.3 is 20.9 Å². The summed E-state index contributed by atoms with van der Waals surface area (Å²) in [4.78, 5) is 8.86. The first-order chi connectivity index (χ1) is 17.5. The summed E-state index contributed by atoms with van der Waals surface area (Å²) >= 11 is 0. The van der Waals surface area contributed by atoms with Gasteiger partial charge >= 0.3 is 0 Å². The third-order valence-electron chi connectivity index (χ3n) is 5.72. The van der Waals surface area contributed by atoms with Crippen LogP contribution in [-0.4, -0.2) is 23.8 Å². The number of ether oxygens (including phenoxy) is 2. The van der Waals surface area contributed by atoms with E-state index in [1.807, 2.05) is 77.9 Å². The zero-order valence-corrected chi connectivity index (χ0v) is 25.6. The smallest absolute Gasteiger partial charge is 0.125 e. The van der Waals surface area contributed by atoms with Crippen molar-refractivity contribution in [3.63, 3.8) is 0 Å². The van der Waals surface area contributed by atoms with Crippen molar-refractivity contribution in [2.75, 3.05) is 0 Å². The fraction of sp³-hybridized carbons (Fsp3) is 0.355. The van der Waals surface area contributed by atoms with Crippen molar-refractivity contribution in [2.45, 2.75) is 73.8 Å². The number of halogens is 2. The van der Waals surface area contributed by atoms with E-state index in [9.17, 15) is 0 Å². The van der Waals surface area contributed by atoms with Gasteiger partial charge in [0.1, 0.15) is 36.4 Å². The third kappa shape index (κ3) is 10.1. The number of nitrogens with two attached hydrogens (primary N) is 2. The molecule has 0 amide bonds. The molecule has 212 valence electrons. The highest BCUT2D eigenvalue weighted by Gasteiger charge is 2.09. The Morgan fingerprint density at radius 3 is 1.36 bits per heavy atom. The molecule has 0 atom stereocenters. The van der Waals surface area contributed by atoms with Crippen molar-refractivity contribution in [3.8, 4) is 11.5 Å². The van der Waals surface area contributed by atoms with Crippen LogP contribution in [0, 0.1) is 20.8 Å². The van der Waals surface area contributed by atoms with Crippen molar-refractivity contribution in [1.82, 2.24) is 0 Å². The predicted octanol–water partition coefficient (Wildman–Crippen LogP) is 6.84. The average Bonchev–Trinajstić information content (AvgIpc) is 2.81. The second kappa shape index (κ2) is 15.4. The summed E-state index contributed by atoms with van der Waals surface area (Å²) in [6.07, 6.45) is 0. The molecule has 0 aliphatic heterocycles. The molecule has 4 N–H and O–H groups in total. The molecular weight excluding hydrogens is 531 g/mol. The summed E-state index contributed by atoms with van der Waals surface area (Å²) in [5.74, 6) is 2.75. The topological polar surface area (TPSA) is 95.2 Å². The lowest BCUT2D eigenvalue weighted by molar-refractivity contribution is 0.297. The van der Waals surface area contributed by atoms with Gasteiger partial charge in [0.25, 0.3) is 0 Å². The third-order valence-corrected chi connectivity index (χ3v) is 5.72. The van der Waals surface area contributed by atoms with E-state index in [1.54, 1.807) is 0 Å². The monoisotopic (exact) mass is 572 g/mol. The fourth-order valence-corrected chi connectivity index (χ4v) is 4.08. The Morgan fingerprint density at radius 1 is 0.641 bits per heavy atom. The van der Waals surface area contributed by atoms with Crippen molar-refractivity contribution in [1.29, 1.82) is 0 Å². The van der Waals surface area contributed by atoms with Crippen LogP contribution in [0.15, 0.2) is 64.6 Å². The van der Waals surface area contributed by atoms with Crippen LogP contribution in [0.3, 0.4) is 0 Å². The van der Waals surface area contributed by atoms with E-state index in [1.165, 1.54) is 0 Å². The molecule has 39 heavy (non-hydrogen) atoms. The summed E-state index contributed by atoms with van der Waals surface area (Å²) in [6.45, 7) is 15.1. The molecule has 0 fully saturated rings. The SMILES string of the molecule is Cc1cc(COc2ccc(C(N)=NC(C)C)cc2C)cc(COc2ccc(C(N)=NC(C)C)cc2C)c1.Cl.Cl. The fourth-order valence-electron chi connectivity index (χ4n) is 4.08. The van der Waals surface area contributed by atoms with Crippen molar-refractivity contribution in [2.24, 2.45) is 21.5 Å². The van der Waals surface area contributed by atoms with E-state index in [0.29, 0.717) is 24.9 Å². The molecule has 0 saturated carbocycles. The highest BCUT2D eigenvalue weighted by atomic mass is 35.5. The molecule has 3 aromatic carbocycles. The Hall–Kier alpha value is -3.22. The maximum atomic E-state index is 6.15. The van der Waals surface area contributed by atoms with E-state index in [-0.39, 0.29) is 36.9 Å². The largest absolute Gasteiger partial charge is 0.489 e. The van der Waals surface area contributed by atoms with Gasteiger partial charge in [0.05, 0.1) is 0 Å². The van der Waals surface area contributed by atoms with Crippen molar-refractivity contribution < 1.29 is 9.47 Å². The molecular formula is C31H42Cl2N4O2. The van der Waals surface area contributed by atoms with Crippen molar-refractivity contribution in [3.05, 3.63) is 93.5 Å². The van der Waals surface area contributed by atoms with Gasteiger partial charge in [-0.2, -0.15) is 0 Å². The zero-order chi connectivity index (χ0) is 27.1. The lowest BCUT2D eigenvalue weighted by Crippen LogP contribution is -2.16. The summed E-state index contributed by atoms with van der Waals surface area (Å²) < 4.78 is 12.3. The predicted molar refractivity (Wildman–Crippen MR) is 168 cm³/mol. The van der Waals surface area contributed by atoms with E-state index in [2.05, 4.69) is 35.1 Å². The standard InChI is InChI=1S/C31H40N4O2.2ClH/c1-19(2)34-30(32)26-8-10-28(22(6)14-26)36-17-24-12-21(5)13-25(16-24)18-37-29-11-9-27(15-23(29)7)31(33)35-20(3)4;;/h8-16,19-20H,17-18H2,1-7H3,(H2,32,34)(H2,33,35);2*1H. The van der Waals surface area contributed by atoms with Crippen LogP contribution in [0.2, 0.25) is 0 Å². The van der Waals surface area contributed by atoms with Crippen LogP contribution >= 0.6 is 24.8 Å².